The van der Waals surface area contributed by atoms with Gasteiger partial charge in [-0.25, -0.2) is 4.57 Å². The topological polar surface area (TPSA) is 149 Å². The van der Waals surface area contributed by atoms with E-state index in [9.17, 15) is 29.3 Å². The van der Waals surface area contributed by atoms with Crippen LogP contribution in [0, 0.1) is 0 Å². The number of allylic oxidation sites excluding steroid dienone is 4. The minimum Gasteiger partial charge on any atom is -0.457 e. The van der Waals surface area contributed by atoms with Gasteiger partial charge in [0.15, 0.2) is 0 Å². The number of esters is 2. The second-order valence-corrected chi connectivity index (χ2v) is 19.0. The lowest BCUT2D eigenvalue weighted by Gasteiger charge is -2.20. The SMILES string of the molecule is CCCCCC/C=C\C/C=C\CCCCCCCCCC(=O)OC(CO)COP(=O)(O)OCC(CO)OC(=O)CCCCCCCCCCCCCCCCCCCCCCC. The summed E-state index contributed by atoms with van der Waals surface area (Å²) in [6.45, 7) is 2.24. The van der Waals surface area contributed by atoms with Gasteiger partial charge in [-0.15, -0.1) is 0 Å². The summed E-state index contributed by atoms with van der Waals surface area (Å²) in [4.78, 5) is 34.7. The van der Waals surface area contributed by atoms with Crippen molar-refractivity contribution in [2.24, 2.45) is 0 Å². The van der Waals surface area contributed by atoms with Crippen LogP contribution >= 0.6 is 7.82 Å². The molecule has 0 saturated carbocycles. The predicted molar refractivity (Wildman–Crippen MR) is 256 cm³/mol. The fourth-order valence-electron chi connectivity index (χ4n) is 7.44. The van der Waals surface area contributed by atoms with E-state index in [1.54, 1.807) is 0 Å². The van der Waals surface area contributed by atoms with Crippen molar-refractivity contribution in [1.29, 1.82) is 0 Å². The first-order chi connectivity index (χ1) is 30.3. The van der Waals surface area contributed by atoms with Gasteiger partial charge in [0.05, 0.1) is 26.4 Å². The van der Waals surface area contributed by atoms with Crippen molar-refractivity contribution < 1.29 is 47.8 Å². The molecule has 0 saturated heterocycles. The van der Waals surface area contributed by atoms with Gasteiger partial charge in [0.2, 0.25) is 0 Å². The van der Waals surface area contributed by atoms with Gasteiger partial charge in [-0.3, -0.25) is 18.6 Å². The van der Waals surface area contributed by atoms with Gasteiger partial charge < -0.3 is 24.6 Å². The van der Waals surface area contributed by atoms with Crippen LogP contribution in [0.2, 0.25) is 0 Å². The summed E-state index contributed by atoms with van der Waals surface area (Å²) in [7, 11) is -4.64. The van der Waals surface area contributed by atoms with Crippen molar-refractivity contribution in [3.63, 3.8) is 0 Å². The highest BCUT2D eigenvalue weighted by atomic mass is 31.2. The van der Waals surface area contributed by atoms with E-state index in [1.165, 1.54) is 161 Å². The number of phosphoric acid groups is 1. The molecule has 0 aliphatic rings. The zero-order valence-electron chi connectivity index (χ0n) is 40.1. The molecule has 366 valence electrons. The highest BCUT2D eigenvalue weighted by Gasteiger charge is 2.27. The summed E-state index contributed by atoms with van der Waals surface area (Å²) in [6, 6.07) is 0. The first-order valence-corrected chi connectivity index (χ1v) is 27.3. The lowest BCUT2D eigenvalue weighted by molar-refractivity contribution is -0.153. The fourth-order valence-corrected chi connectivity index (χ4v) is 8.23. The standard InChI is InChI=1S/C51H97O10P/c1-3-5-7-9-11-13-15-17-19-21-23-24-25-27-29-31-33-35-37-39-41-43-51(55)61-49(45-53)47-59-62(56,57)58-46-48(44-52)60-50(54)42-40-38-36-34-32-30-28-26-22-20-18-16-14-12-10-8-6-4-2/h14,16,20,22,48-49,52-53H,3-13,15,17-19,21,23-47H2,1-2H3,(H,56,57)/b16-14-,22-20-. The summed E-state index contributed by atoms with van der Waals surface area (Å²) >= 11 is 0. The summed E-state index contributed by atoms with van der Waals surface area (Å²) in [5.41, 5.74) is 0. The van der Waals surface area contributed by atoms with Crippen LogP contribution in [-0.2, 0) is 32.7 Å². The minimum atomic E-state index is -4.64. The first kappa shape index (κ1) is 60.5. The Bertz CT molecular complexity index is 1080. The molecule has 0 fully saturated rings. The lowest BCUT2D eigenvalue weighted by Crippen LogP contribution is -2.28. The number of aliphatic hydroxyl groups excluding tert-OH is 2. The highest BCUT2D eigenvalue weighted by molar-refractivity contribution is 7.47. The second-order valence-electron chi connectivity index (χ2n) is 17.5. The Morgan fingerprint density at radius 2 is 0.710 bits per heavy atom. The largest absolute Gasteiger partial charge is 0.472 e. The average molecular weight is 901 g/mol. The van der Waals surface area contributed by atoms with E-state index < -0.39 is 58.4 Å². The van der Waals surface area contributed by atoms with Crippen LogP contribution in [0.1, 0.15) is 251 Å². The molecular weight excluding hydrogens is 804 g/mol. The Balaban J connectivity index is 3.82. The van der Waals surface area contributed by atoms with Crippen LogP contribution in [0.5, 0.6) is 0 Å². The summed E-state index contributed by atoms with van der Waals surface area (Å²) in [5, 5.41) is 19.2. The second kappa shape index (κ2) is 47.4. The van der Waals surface area contributed by atoms with Crippen molar-refractivity contribution in [3.05, 3.63) is 24.3 Å². The number of hydrogen-bond acceptors (Lipinski definition) is 9. The lowest BCUT2D eigenvalue weighted by atomic mass is 10.0. The average Bonchev–Trinajstić information content (AvgIpc) is 3.26. The van der Waals surface area contributed by atoms with Gasteiger partial charge >= 0.3 is 19.8 Å². The monoisotopic (exact) mass is 901 g/mol. The molecule has 0 aromatic rings. The van der Waals surface area contributed by atoms with E-state index in [-0.39, 0.29) is 12.8 Å². The van der Waals surface area contributed by atoms with Gasteiger partial charge in [-0.2, -0.15) is 0 Å². The molecule has 0 aromatic heterocycles. The normalized spacial score (nSPS) is 13.8. The van der Waals surface area contributed by atoms with E-state index in [2.05, 4.69) is 38.2 Å². The summed E-state index contributed by atoms with van der Waals surface area (Å²) < 4.78 is 32.7. The van der Waals surface area contributed by atoms with Gasteiger partial charge in [0.1, 0.15) is 12.2 Å². The number of carbonyl (C=O) groups is 2. The molecule has 10 nitrogen and oxygen atoms in total. The van der Waals surface area contributed by atoms with Crippen LogP contribution in [0.25, 0.3) is 0 Å². The summed E-state index contributed by atoms with van der Waals surface area (Å²) in [6.07, 6.45) is 50.1. The van der Waals surface area contributed by atoms with E-state index in [4.69, 9.17) is 18.5 Å². The van der Waals surface area contributed by atoms with Crippen molar-refractivity contribution >= 4 is 19.8 Å². The number of phosphoric ester groups is 1. The van der Waals surface area contributed by atoms with E-state index in [1.807, 2.05) is 0 Å². The van der Waals surface area contributed by atoms with Crippen LogP contribution in [0.3, 0.4) is 0 Å². The van der Waals surface area contributed by atoms with Crippen LogP contribution in [0.4, 0.5) is 0 Å². The molecule has 0 radical (unpaired) electrons. The number of ether oxygens (including phenoxy) is 2. The van der Waals surface area contributed by atoms with E-state index in [0.29, 0.717) is 12.8 Å². The third kappa shape index (κ3) is 45.0. The van der Waals surface area contributed by atoms with Gasteiger partial charge in [-0.1, -0.05) is 218 Å². The van der Waals surface area contributed by atoms with Crippen LogP contribution in [-0.4, -0.2) is 65.7 Å². The zero-order valence-corrected chi connectivity index (χ0v) is 41.0. The third-order valence-corrected chi connectivity index (χ3v) is 12.4. The molecule has 0 amide bonds. The van der Waals surface area contributed by atoms with Gasteiger partial charge in [-0.05, 0) is 44.9 Å². The highest BCUT2D eigenvalue weighted by Crippen LogP contribution is 2.43. The molecule has 3 N–H and O–H groups in total. The first-order valence-electron chi connectivity index (χ1n) is 25.8. The van der Waals surface area contributed by atoms with Gasteiger partial charge in [0, 0.05) is 12.8 Å². The Morgan fingerprint density at radius 3 is 1.02 bits per heavy atom. The van der Waals surface area contributed by atoms with Crippen molar-refractivity contribution in [3.8, 4) is 0 Å². The number of carbonyl (C=O) groups excluding carboxylic acids is 2. The molecule has 0 aliphatic carbocycles. The minimum absolute atomic E-state index is 0.185. The maximum atomic E-state index is 12.4. The molecular formula is C51H97O10P. The maximum Gasteiger partial charge on any atom is 0.472 e. The summed E-state index contributed by atoms with van der Waals surface area (Å²) in [5.74, 6) is -1.01. The molecule has 62 heavy (non-hydrogen) atoms. The van der Waals surface area contributed by atoms with Crippen LogP contribution in [0.15, 0.2) is 24.3 Å². The Morgan fingerprint density at radius 1 is 0.435 bits per heavy atom. The molecule has 0 heterocycles. The molecule has 0 aromatic carbocycles. The number of hydrogen-bond donors (Lipinski definition) is 3. The molecule has 0 bridgehead atoms. The maximum absolute atomic E-state index is 12.4. The van der Waals surface area contributed by atoms with Crippen molar-refractivity contribution in [2.75, 3.05) is 26.4 Å². The Labute approximate surface area is 380 Å². The number of unbranched alkanes of at least 4 members (excludes halogenated alkanes) is 31. The molecule has 0 rings (SSSR count). The van der Waals surface area contributed by atoms with Crippen molar-refractivity contribution in [2.45, 2.75) is 264 Å². The van der Waals surface area contributed by atoms with E-state index in [0.717, 1.165) is 51.4 Å². The molecule has 0 spiro atoms. The Kier molecular flexibility index (Phi) is 46.2. The predicted octanol–water partition coefficient (Wildman–Crippen LogP) is 14.5. The van der Waals surface area contributed by atoms with Crippen molar-refractivity contribution in [1.82, 2.24) is 0 Å². The number of rotatable bonds is 49. The van der Waals surface area contributed by atoms with E-state index >= 15 is 0 Å². The Hall–Kier alpha value is -1.55. The van der Waals surface area contributed by atoms with Gasteiger partial charge in [0.25, 0.3) is 0 Å². The molecule has 0 aliphatic heterocycles. The number of aliphatic hydroxyl groups is 2. The smallest absolute Gasteiger partial charge is 0.457 e. The molecule has 3 unspecified atom stereocenters. The third-order valence-electron chi connectivity index (χ3n) is 11.4. The fraction of sp³-hybridized carbons (Fsp3) is 0.882. The molecule has 3 atom stereocenters. The van der Waals surface area contributed by atoms with Crippen LogP contribution < -0.4 is 0 Å². The quantitative estimate of drug-likeness (QED) is 0.0233. The zero-order chi connectivity index (χ0) is 45.5. The molecule has 11 heteroatoms.